The Balaban J connectivity index is 2.62. The number of aryl methyl sites for hydroxylation is 1. The van der Waals surface area contributed by atoms with Crippen LogP contribution in [-0.2, 0) is 21.9 Å². The third kappa shape index (κ3) is 5.34. The molecule has 0 aliphatic rings. The van der Waals surface area contributed by atoms with Gasteiger partial charge in [-0.25, -0.2) is 8.42 Å². The van der Waals surface area contributed by atoms with Crippen LogP contribution in [0.25, 0.3) is 0 Å². The maximum absolute atomic E-state index is 13.0. The van der Waals surface area contributed by atoms with Crippen molar-refractivity contribution in [1.82, 2.24) is 9.78 Å². The molecule has 170 valence electrons. The fraction of sp³-hybridized carbons (Fsp3) is 0.389. The summed E-state index contributed by atoms with van der Waals surface area (Å²) in [6, 6.07) is 3.46. The van der Waals surface area contributed by atoms with Gasteiger partial charge in [0.15, 0.2) is 0 Å². The summed E-state index contributed by atoms with van der Waals surface area (Å²) in [6.45, 7) is 3.53. The number of ether oxygens (including phenoxy) is 1. The number of benzene rings is 1. The van der Waals surface area contributed by atoms with Crippen molar-refractivity contribution in [3.63, 3.8) is 0 Å². The second-order valence-corrected chi connectivity index (χ2v) is 9.19. The number of anilines is 1. The van der Waals surface area contributed by atoms with Gasteiger partial charge >= 0.3 is 0 Å². The summed E-state index contributed by atoms with van der Waals surface area (Å²) in [5, 5.41) is 26.8. The molecular weight excluding hydrogens is 452 g/mol. The minimum atomic E-state index is -4.16. The second-order valence-electron chi connectivity index (χ2n) is 6.63. The van der Waals surface area contributed by atoms with Crippen LogP contribution in [0.4, 0.5) is 5.69 Å². The Morgan fingerprint density at radius 1 is 1.32 bits per heavy atom. The van der Waals surface area contributed by atoms with Gasteiger partial charge in [-0.2, -0.15) is 5.10 Å². The van der Waals surface area contributed by atoms with Crippen LogP contribution in [0.3, 0.4) is 0 Å². The van der Waals surface area contributed by atoms with Gasteiger partial charge in [-0.05, 0) is 24.6 Å². The molecule has 2 rings (SSSR count). The van der Waals surface area contributed by atoms with Gasteiger partial charge in [0.25, 0.3) is 20.9 Å². The van der Waals surface area contributed by atoms with E-state index in [2.05, 4.69) is 10.4 Å². The van der Waals surface area contributed by atoms with Gasteiger partial charge < -0.3 is 26.0 Å². The predicted octanol–water partition coefficient (Wildman–Crippen LogP) is 1.04. The van der Waals surface area contributed by atoms with Gasteiger partial charge in [-0.1, -0.05) is 13.8 Å². The van der Waals surface area contributed by atoms with Crippen LogP contribution in [0, 0.1) is 0 Å². The summed E-state index contributed by atoms with van der Waals surface area (Å²) in [5.74, 6) is -4.30. The summed E-state index contributed by atoms with van der Waals surface area (Å²) >= 11 is 0. The van der Waals surface area contributed by atoms with Crippen molar-refractivity contribution in [3.05, 3.63) is 35.2 Å². The summed E-state index contributed by atoms with van der Waals surface area (Å²) < 4.78 is 29.9. The molecule has 0 fully saturated rings. The van der Waals surface area contributed by atoms with Crippen molar-refractivity contribution in [2.75, 3.05) is 11.9 Å². The minimum Gasteiger partial charge on any atom is -0.493 e. The molecule has 1 heterocycles. The van der Waals surface area contributed by atoms with Crippen LogP contribution in [0.5, 0.6) is 5.75 Å². The van der Waals surface area contributed by atoms with E-state index in [1.165, 1.54) is 26.1 Å². The highest BCUT2D eigenvalue weighted by atomic mass is 35.7. The minimum absolute atomic E-state index is 0.0595. The number of primary amides is 1. The maximum Gasteiger partial charge on any atom is 0.269 e. The van der Waals surface area contributed by atoms with Gasteiger partial charge in [0.1, 0.15) is 22.8 Å². The molecule has 1 aromatic heterocycles. The first-order valence-corrected chi connectivity index (χ1v) is 11.5. The Kier molecular flexibility index (Phi) is 7.32. The van der Waals surface area contributed by atoms with Crippen molar-refractivity contribution in [2.24, 2.45) is 12.8 Å². The van der Waals surface area contributed by atoms with Crippen LogP contribution >= 0.6 is 10.7 Å². The van der Waals surface area contributed by atoms with Crippen LogP contribution in [0.1, 0.15) is 53.2 Å². The van der Waals surface area contributed by atoms with Crippen LogP contribution in [-0.4, -0.2) is 46.8 Å². The zero-order chi connectivity index (χ0) is 23.6. The smallest absolute Gasteiger partial charge is 0.269 e. The summed E-state index contributed by atoms with van der Waals surface area (Å²) in [5.41, 5.74) is 4.14. The first kappa shape index (κ1) is 24.6. The van der Waals surface area contributed by atoms with E-state index in [4.69, 9.17) is 21.2 Å². The van der Waals surface area contributed by atoms with Gasteiger partial charge in [-0.15, -0.1) is 0 Å². The lowest BCUT2D eigenvalue weighted by molar-refractivity contribution is -0.173. The predicted molar refractivity (Wildman–Crippen MR) is 111 cm³/mol. The largest absolute Gasteiger partial charge is 0.493 e. The lowest BCUT2D eigenvalue weighted by Crippen LogP contribution is -2.27. The highest BCUT2D eigenvalue weighted by molar-refractivity contribution is 8.13. The third-order valence-electron chi connectivity index (χ3n) is 4.33. The zero-order valence-corrected chi connectivity index (χ0v) is 18.6. The Morgan fingerprint density at radius 3 is 2.48 bits per heavy atom. The Labute approximate surface area is 183 Å². The number of hydrogen-bond donors (Lipinski definition) is 4. The Hall–Kier alpha value is -2.67. The number of aromatic nitrogens is 2. The van der Waals surface area contributed by atoms with Crippen LogP contribution in [0.15, 0.2) is 23.1 Å². The van der Waals surface area contributed by atoms with Crippen molar-refractivity contribution in [2.45, 2.75) is 37.4 Å². The van der Waals surface area contributed by atoms with Gasteiger partial charge in [-0.3, -0.25) is 14.3 Å². The molecule has 0 aliphatic heterocycles. The third-order valence-corrected chi connectivity index (χ3v) is 5.68. The monoisotopic (exact) mass is 474 g/mol. The number of nitrogens with zero attached hydrogens (tertiary/aromatic N) is 2. The molecule has 0 unspecified atom stereocenters. The normalized spacial score (nSPS) is 11.9. The second kappa shape index (κ2) is 9.22. The molecule has 5 N–H and O–H groups in total. The van der Waals surface area contributed by atoms with E-state index >= 15 is 0 Å². The van der Waals surface area contributed by atoms with Crippen molar-refractivity contribution in [3.8, 4) is 5.75 Å². The highest BCUT2D eigenvalue weighted by Crippen LogP contribution is 2.32. The van der Waals surface area contributed by atoms with E-state index in [1.807, 2.05) is 6.92 Å². The maximum atomic E-state index is 13.0. The number of aliphatic hydroxyl groups is 2. The number of carbonyl (C=O) groups is 2. The van der Waals surface area contributed by atoms with Gasteiger partial charge in [0.2, 0.25) is 5.79 Å². The summed E-state index contributed by atoms with van der Waals surface area (Å²) in [6.07, 6.45) is 0.402. The number of nitrogens with one attached hydrogen (secondary N) is 1. The molecule has 2 amide bonds. The molecule has 31 heavy (non-hydrogen) atoms. The molecule has 0 radical (unpaired) electrons. The Bertz CT molecular complexity index is 1110. The van der Waals surface area contributed by atoms with E-state index < -0.39 is 32.3 Å². The first-order valence-electron chi connectivity index (χ1n) is 9.18. The molecule has 11 nitrogen and oxygen atoms in total. The number of hydrogen-bond acceptors (Lipinski definition) is 8. The number of halogens is 1. The van der Waals surface area contributed by atoms with Crippen LogP contribution in [0.2, 0.25) is 0 Å². The molecule has 0 atom stereocenters. The Morgan fingerprint density at radius 2 is 1.97 bits per heavy atom. The lowest BCUT2D eigenvalue weighted by atomic mass is 10.1. The molecule has 0 spiro atoms. The number of nitrogens with two attached hydrogens (primary N) is 1. The van der Waals surface area contributed by atoms with Crippen LogP contribution < -0.4 is 15.8 Å². The van der Waals surface area contributed by atoms with Crippen molar-refractivity contribution in [1.29, 1.82) is 0 Å². The molecule has 2 aromatic rings. The fourth-order valence-electron chi connectivity index (χ4n) is 2.73. The van der Waals surface area contributed by atoms with Gasteiger partial charge in [0.05, 0.1) is 17.1 Å². The average Bonchev–Trinajstić information content (AvgIpc) is 3.02. The van der Waals surface area contributed by atoms with Crippen molar-refractivity contribution >= 4 is 37.2 Å². The molecule has 1 aromatic carbocycles. The zero-order valence-electron chi connectivity index (χ0n) is 17.0. The molecule has 0 saturated carbocycles. The fourth-order valence-corrected chi connectivity index (χ4v) is 3.51. The quantitative estimate of drug-likeness (QED) is 0.308. The molecule has 13 heteroatoms. The first-order chi connectivity index (χ1) is 14.3. The molecule has 0 aliphatic carbocycles. The molecular formula is C18H23ClN4O7S. The van der Waals surface area contributed by atoms with E-state index in [-0.39, 0.29) is 40.6 Å². The molecule has 0 saturated heterocycles. The topological polar surface area (TPSA) is 174 Å². The summed E-state index contributed by atoms with van der Waals surface area (Å²) in [7, 11) is 2.56. The van der Waals surface area contributed by atoms with E-state index in [0.29, 0.717) is 6.42 Å². The summed E-state index contributed by atoms with van der Waals surface area (Å²) in [4.78, 5) is 24.6. The van der Waals surface area contributed by atoms with E-state index in [9.17, 15) is 28.2 Å². The average molecular weight is 475 g/mol. The van der Waals surface area contributed by atoms with Crippen molar-refractivity contribution < 1.29 is 33.0 Å². The molecule has 0 bridgehead atoms. The van der Waals surface area contributed by atoms with E-state index in [1.54, 1.807) is 0 Å². The SMILES string of the molecule is CCCOc1ccc(S(=O)(=O)Cl)cc1C(=O)Nc1c(C(O)(O)CC)nn(C)c1C(N)=O. The number of rotatable bonds is 9. The lowest BCUT2D eigenvalue weighted by Gasteiger charge is -2.19. The highest BCUT2D eigenvalue weighted by Gasteiger charge is 2.35. The standard InChI is InChI=1S/C18H23ClN4O7S/c1-4-8-30-12-7-6-10(31(19,28)29)9-11(12)17(25)21-13-14(16(20)24)23(3)22-15(13)18(26,27)5-2/h6-7,9,26-27H,4-5,8H2,1-3H3,(H2,20,24)(H,21,25). The van der Waals surface area contributed by atoms with E-state index in [0.717, 1.165) is 10.7 Å². The van der Waals surface area contributed by atoms with Gasteiger partial charge in [0, 0.05) is 24.2 Å². The number of amides is 2. The number of carbonyl (C=O) groups excluding carboxylic acids is 2.